The third-order valence-electron chi connectivity index (χ3n) is 3.25. The van der Waals surface area contributed by atoms with Crippen LogP contribution in [0.4, 0.5) is 11.6 Å². The van der Waals surface area contributed by atoms with Crippen molar-refractivity contribution >= 4 is 11.6 Å². The van der Waals surface area contributed by atoms with E-state index in [0.717, 1.165) is 43.4 Å². The highest BCUT2D eigenvalue weighted by Gasteiger charge is 2.28. The summed E-state index contributed by atoms with van der Waals surface area (Å²) in [6.07, 6.45) is 1.57. The van der Waals surface area contributed by atoms with Crippen LogP contribution >= 0.6 is 0 Å². The SMILES string of the molecule is CNc1cc(N2CCC(C)(O)CC2)nc(C)n1. The summed E-state index contributed by atoms with van der Waals surface area (Å²) in [5.41, 5.74) is -0.523. The van der Waals surface area contributed by atoms with Crippen LogP contribution in [0.15, 0.2) is 6.07 Å². The minimum atomic E-state index is -0.523. The molecule has 1 fully saturated rings. The second kappa shape index (κ2) is 4.49. The van der Waals surface area contributed by atoms with Crippen molar-refractivity contribution in [2.75, 3.05) is 30.4 Å². The average Bonchev–Trinajstić information content (AvgIpc) is 2.28. The summed E-state index contributed by atoms with van der Waals surface area (Å²) < 4.78 is 0. The van der Waals surface area contributed by atoms with Crippen LogP contribution in [0.2, 0.25) is 0 Å². The molecule has 5 heteroatoms. The Kier molecular flexibility index (Phi) is 3.19. The maximum absolute atomic E-state index is 9.92. The van der Waals surface area contributed by atoms with Gasteiger partial charge in [0.05, 0.1) is 5.60 Å². The maximum Gasteiger partial charge on any atom is 0.134 e. The van der Waals surface area contributed by atoms with Crippen molar-refractivity contribution in [2.24, 2.45) is 0 Å². The van der Waals surface area contributed by atoms with Gasteiger partial charge in [-0.05, 0) is 26.7 Å². The Balaban J connectivity index is 2.15. The van der Waals surface area contributed by atoms with Crippen molar-refractivity contribution in [3.8, 4) is 0 Å². The highest BCUT2D eigenvalue weighted by atomic mass is 16.3. The molecule has 1 aliphatic rings. The average molecular weight is 236 g/mol. The number of aliphatic hydroxyl groups is 1. The monoisotopic (exact) mass is 236 g/mol. The zero-order valence-corrected chi connectivity index (χ0v) is 10.7. The molecule has 0 saturated carbocycles. The van der Waals surface area contributed by atoms with Crippen molar-refractivity contribution in [1.82, 2.24) is 9.97 Å². The smallest absolute Gasteiger partial charge is 0.134 e. The van der Waals surface area contributed by atoms with Crippen LogP contribution in [-0.2, 0) is 0 Å². The van der Waals surface area contributed by atoms with E-state index in [1.54, 1.807) is 0 Å². The predicted molar refractivity (Wildman–Crippen MR) is 68.4 cm³/mol. The topological polar surface area (TPSA) is 61.3 Å². The standard InChI is InChI=1S/C12H20N4O/c1-9-14-10(13-3)8-11(15-9)16-6-4-12(2,17)5-7-16/h8,17H,4-7H2,1-3H3,(H,13,14,15). The van der Waals surface area contributed by atoms with E-state index in [1.165, 1.54) is 0 Å². The molecular formula is C12H20N4O. The first-order valence-electron chi connectivity index (χ1n) is 6.01. The summed E-state index contributed by atoms with van der Waals surface area (Å²) in [6, 6.07) is 1.95. The fraction of sp³-hybridized carbons (Fsp3) is 0.667. The molecule has 2 N–H and O–H groups in total. The Bertz CT molecular complexity index is 395. The molecule has 0 amide bonds. The molecule has 5 nitrogen and oxygen atoms in total. The van der Waals surface area contributed by atoms with Gasteiger partial charge < -0.3 is 15.3 Å². The molecule has 1 saturated heterocycles. The lowest BCUT2D eigenvalue weighted by Gasteiger charge is -2.36. The summed E-state index contributed by atoms with van der Waals surface area (Å²) in [5, 5.41) is 13.0. The first-order chi connectivity index (χ1) is 8.00. The van der Waals surface area contributed by atoms with Gasteiger partial charge in [-0.15, -0.1) is 0 Å². The Morgan fingerprint density at radius 1 is 1.35 bits per heavy atom. The van der Waals surface area contributed by atoms with E-state index >= 15 is 0 Å². The molecule has 2 rings (SSSR count). The van der Waals surface area contributed by atoms with Gasteiger partial charge in [0.2, 0.25) is 0 Å². The summed E-state index contributed by atoms with van der Waals surface area (Å²) in [4.78, 5) is 10.9. The van der Waals surface area contributed by atoms with E-state index in [0.29, 0.717) is 0 Å². The fourth-order valence-corrected chi connectivity index (χ4v) is 2.06. The molecule has 0 spiro atoms. The van der Waals surface area contributed by atoms with Crippen LogP contribution in [0.5, 0.6) is 0 Å². The van der Waals surface area contributed by atoms with Crippen LogP contribution in [0.25, 0.3) is 0 Å². The zero-order chi connectivity index (χ0) is 12.5. The molecule has 94 valence electrons. The number of nitrogens with one attached hydrogen (secondary N) is 1. The number of aryl methyl sites for hydroxylation is 1. The predicted octanol–water partition coefficient (Wildman–Crippen LogP) is 1.18. The van der Waals surface area contributed by atoms with Gasteiger partial charge in [-0.3, -0.25) is 0 Å². The third-order valence-corrected chi connectivity index (χ3v) is 3.25. The molecule has 17 heavy (non-hydrogen) atoms. The summed E-state index contributed by atoms with van der Waals surface area (Å²) in [5.74, 6) is 2.55. The molecule has 0 aromatic carbocycles. The molecule has 0 aliphatic carbocycles. The quantitative estimate of drug-likeness (QED) is 0.807. The first kappa shape index (κ1) is 12.1. The van der Waals surface area contributed by atoms with Crippen LogP contribution in [0.3, 0.4) is 0 Å². The Morgan fingerprint density at radius 2 is 2.00 bits per heavy atom. The van der Waals surface area contributed by atoms with Crippen LogP contribution in [0, 0.1) is 6.92 Å². The largest absolute Gasteiger partial charge is 0.390 e. The molecule has 0 atom stereocenters. The molecule has 1 aliphatic heterocycles. The molecule has 1 aromatic heterocycles. The Labute approximate surface area is 102 Å². The summed E-state index contributed by atoms with van der Waals surface area (Å²) in [7, 11) is 1.85. The highest BCUT2D eigenvalue weighted by molar-refractivity contribution is 5.49. The van der Waals surface area contributed by atoms with Gasteiger partial charge in [0.15, 0.2) is 0 Å². The van der Waals surface area contributed by atoms with Gasteiger partial charge in [0.25, 0.3) is 0 Å². The molecular weight excluding hydrogens is 216 g/mol. The summed E-state index contributed by atoms with van der Waals surface area (Å²) >= 11 is 0. The van der Waals surface area contributed by atoms with Crippen LogP contribution < -0.4 is 10.2 Å². The molecule has 1 aromatic rings. The van der Waals surface area contributed by atoms with Crippen molar-refractivity contribution in [3.05, 3.63) is 11.9 Å². The first-order valence-corrected chi connectivity index (χ1v) is 6.01. The minimum absolute atomic E-state index is 0.523. The Hall–Kier alpha value is -1.36. The van der Waals surface area contributed by atoms with Crippen LogP contribution in [0.1, 0.15) is 25.6 Å². The third kappa shape index (κ3) is 2.85. The van der Waals surface area contributed by atoms with Crippen molar-refractivity contribution < 1.29 is 5.11 Å². The van der Waals surface area contributed by atoms with E-state index in [9.17, 15) is 5.11 Å². The number of rotatable bonds is 2. The van der Waals surface area contributed by atoms with Crippen LogP contribution in [-0.4, -0.2) is 40.8 Å². The number of hydrogen-bond acceptors (Lipinski definition) is 5. The van der Waals surface area contributed by atoms with Crippen molar-refractivity contribution in [1.29, 1.82) is 0 Å². The molecule has 0 bridgehead atoms. The lowest BCUT2D eigenvalue weighted by Crippen LogP contribution is -2.42. The number of aromatic nitrogens is 2. The number of anilines is 2. The normalized spacial score (nSPS) is 19.2. The number of piperidine rings is 1. The van der Waals surface area contributed by atoms with Gasteiger partial charge >= 0.3 is 0 Å². The number of nitrogens with zero attached hydrogens (tertiary/aromatic N) is 3. The van der Waals surface area contributed by atoms with Crippen molar-refractivity contribution in [3.63, 3.8) is 0 Å². The zero-order valence-electron chi connectivity index (χ0n) is 10.7. The van der Waals surface area contributed by atoms with E-state index in [-0.39, 0.29) is 0 Å². The second-order valence-corrected chi connectivity index (χ2v) is 4.89. The lowest BCUT2D eigenvalue weighted by molar-refractivity contribution is 0.0350. The van der Waals surface area contributed by atoms with Gasteiger partial charge in [-0.2, -0.15) is 0 Å². The fourth-order valence-electron chi connectivity index (χ4n) is 2.06. The van der Waals surface area contributed by atoms with Gasteiger partial charge in [0, 0.05) is 26.2 Å². The van der Waals surface area contributed by atoms with Gasteiger partial charge in [-0.25, -0.2) is 9.97 Å². The molecule has 0 radical (unpaired) electrons. The van der Waals surface area contributed by atoms with E-state index in [4.69, 9.17) is 0 Å². The number of hydrogen-bond donors (Lipinski definition) is 2. The van der Waals surface area contributed by atoms with Gasteiger partial charge in [-0.1, -0.05) is 0 Å². The van der Waals surface area contributed by atoms with E-state index in [1.807, 2.05) is 27.0 Å². The lowest BCUT2D eigenvalue weighted by atomic mass is 9.94. The summed E-state index contributed by atoms with van der Waals surface area (Å²) in [6.45, 7) is 5.47. The molecule has 2 heterocycles. The maximum atomic E-state index is 9.92. The highest BCUT2D eigenvalue weighted by Crippen LogP contribution is 2.25. The van der Waals surface area contributed by atoms with E-state index in [2.05, 4.69) is 20.2 Å². The molecule has 0 unspecified atom stereocenters. The minimum Gasteiger partial charge on any atom is -0.390 e. The second-order valence-electron chi connectivity index (χ2n) is 4.89. The Morgan fingerprint density at radius 3 is 2.59 bits per heavy atom. The van der Waals surface area contributed by atoms with E-state index < -0.39 is 5.60 Å². The van der Waals surface area contributed by atoms with Crippen molar-refractivity contribution in [2.45, 2.75) is 32.3 Å². The van der Waals surface area contributed by atoms with Gasteiger partial charge in [0.1, 0.15) is 17.5 Å².